The molecule has 0 atom stereocenters. The quantitative estimate of drug-likeness (QED) is 0.644. The van der Waals surface area contributed by atoms with Gasteiger partial charge in [-0.05, 0) is 25.0 Å². The van der Waals surface area contributed by atoms with Crippen LogP contribution in [0.3, 0.4) is 0 Å². The van der Waals surface area contributed by atoms with Crippen LogP contribution in [0.5, 0.6) is 0 Å². The summed E-state index contributed by atoms with van der Waals surface area (Å²) >= 11 is 0. The second-order valence-electron chi connectivity index (χ2n) is 3.32. The lowest BCUT2D eigenvalue weighted by molar-refractivity contribution is -0.116. The van der Waals surface area contributed by atoms with Crippen LogP contribution in [0.25, 0.3) is 0 Å². The number of rotatable bonds is 1. The van der Waals surface area contributed by atoms with Crippen molar-refractivity contribution < 1.29 is 4.79 Å². The summed E-state index contributed by atoms with van der Waals surface area (Å²) in [4.78, 5) is 12.9. The van der Waals surface area contributed by atoms with Gasteiger partial charge in [0.1, 0.15) is 0 Å². The van der Waals surface area contributed by atoms with Gasteiger partial charge in [0, 0.05) is 19.7 Å². The number of hydrogen-bond donors (Lipinski definition) is 0. The number of para-hydroxylation sites is 1. The van der Waals surface area contributed by atoms with Crippen molar-refractivity contribution in [3.05, 3.63) is 29.3 Å². The molecule has 1 aromatic rings. The minimum Gasteiger partial charge on any atom is -0.315 e. The fourth-order valence-corrected chi connectivity index (χ4v) is 1.49. The Morgan fingerprint density at radius 1 is 1.23 bits per heavy atom. The van der Waals surface area contributed by atoms with E-state index >= 15 is 0 Å². The van der Waals surface area contributed by atoms with Gasteiger partial charge in [0.25, 0.3) is 0 Å². The zero-order chi connectivity index (χ0) is 10.0. The molecule has 0 saturated carbocycles. The summed E-state index contributed by atoms with van der Waals surface area (Å²) in [7, 11) is 1.80. The number of amides is 1. The average molecular weight is 177 g/mol. The molecule has 0 fully saturated rings. The summed E-state index contributed by atoms with van der Waals surface area (Å²) in [5.74, 6) is 0.0670. The van der Waals surface area contributed by atoms with Crippen molar-refractivity contribution in [3.8, 4) is 0 Å². The van der Waals surface area contributed by atoms with Gasteiger partial charge < -0.3 is 4.90 Å². The second-order valence-corrected chi connectivity index (χ2v) is 3.32. The zero-order valence-corrected chi connectivity index (χ0v) is 8.59. The van der Waals surface area contributed by atoms with Crippen LogP contribution in [0, 0.1) is 13.8 Å². The van der Waals surface area contributed by atoms with Gasteiger partial charge in [-0.25, -0.2) is 0 Å². The number of hydrogen-bond acceptors (Lipinski definition) is 1. The fraction of sp³-hybridized carbons (Fsp3) is 0.364. The van der Waals surface area contributed by atoms with E-state index in [0.29, 0.717) is 0 Å². The molecular formula is C11H15NO. The van der Waals surface area contributed by atoms with Crippen molar-refractivity contribution in [3.63, 3.8) is 0 Å². The maximum absolute atomic E-state index is 11.2. The molecule has 0 aliphatic heterocycles. The van der Waals surface area contributed by atoms with Gasteiger partial charge in [0.05, 0.1) is 0 Å². The Labute approximate surface area is 79.2 Å². The molecule has 0 saturated heterocycles. The van der Waals surface area contributed by atoms with Crippen LogP contribution in [-0.4, -0.2) is 13.0 Å². The first-order valence-electron chi connectivity index (χ1n) is 4.34. The number of anilines is 1. The third-order valence-electron chi connectivity index (χ3n) is 2.25. The van der Waals surface area contributed by atoms with Crippen molar-refractivity contribution in [2.24, 2.45) is 0 Å². The minimum atomic E-state index is 0.0670. The number of aryl methyl sites for hydroxylation is 2. The van der Waals surface area contributed by atoms with Crippen LogP contribution >= 0.6 is 0 Å². The van der Waals surface area contributed by atoms with Gasteiger partial charge >= 0.3 is 0 Å². The monoisotopic (exact) mass is 177 g/mol. The van der Waals surface area contributed by atoms with Crippen LogP contribution < -0.4 is 4.90 Å². The summed E-state index contributed by atoms with van der Waals surface area (Å²) in [6.45, 7) is 5.61. The SMILES string of the molecule is CC(=O)N(C)c1c(C)cccc1C. The topological polar surface area (TPSA) is 20.3 Å². The van der Waals surface area contributed by atoms with Crippen molar-refractivity contribution in [2.45, 2.75) is 20.8 Å². The summed E-state index contributed by atoms with van der Waals surface area (Å²) < 4.78 is 0. The Hall–Kier alpha value is -1.31. The molecular weight excluding hydrogens is 162 g/mol. The Morgan fingerprint density at radius 3 is 2.08 bits per heavy atom. The van der Waals surface area contributed by atoms with Gasteiger partial charge in [0.2, 0.25) is 5.91 Å². The first-order valence-corrected chi connectivity index (χ1v) is 4.34. The van der Waals surface area contributed by atoms with Crippen LogP contribution in [-0.2, 0) is 4.79 Å². The van der Waals surface area contributed by atoms with E-state index in [2.05, 4.69) is 0 Å². The van der Waals surface area contributed by atoms with E-state index in [-0.39, 0.29) is 5.91 Å². The van der Waals surface area contributed by atoms with Crippen LogP contribution in [0.15, 0.2) is 18.2 Å². The Bertz CT molecular complexity index is 311. The van der Waals surface area contributed by atoms with Gasteiger partial charge in [-0.3, -0.25) is 4.79 Å². The molecule has 0 radical (unpaired) electrons. The average Bonchev–Trinajstić information content (AvgIpc) is 2.03. The molecule has 70 valence electrons. The maximum Gasteiger partial charge on any atom is 0.223 e. The van der Waals surface area contributed by atoms with E-state index in [4.69, 9.17) is 0 Å². The predicted molar refractivity (Wildman–Crippen MR) is 55.0 cm³/mol. The minimum absolute atomic E-state index is 0.0670. The number of carbonyl (C=O) groups excluding carboxylic acids is 1. The van der Waals surface area contributed by atoms with Gasteiger partial charge in [-0.1, -0.05) is 18.2 Å². The summed E-state index contributed by atoms with van der Waals surface area (Å²) in [5, 5.41) is 0. The third-order valence-corrected chi connectivity index (χ3v) is 2.25. The number of carbonyl (C=O) groups is 1. The normalized spacial score (nSPS) is 9.85. The highest BCUT2D eigenvalue weighted by Crippen LogP contribution is 2.23. The van der Waals surface area contributed by atoms with Crippen LogP contribution in [0.1, 0.15) is 18.1 Å². The van der Waals surface area contributed by atoms with Gasteiger partial charge in [0.15, 0.2) is 0 Å². The van der Waals surface area contributed by atoms with Crippen LogP contribution in [0.2, 0.25) is 0 Å². The molecule has 2 heteroatoms. The largest absolute Gasteiger partial charge is 0.315 e. The van der Waals surface area contributed by atoms with Crippen molar-refractivity contribution in [1.29, 1.82) is 0 Å². The molecule has 1 aromatic carbocycles. The highest BCUT2D eigenvalue weighted by molar-refractivity contribution is 5.92. The van der Waals surface area contributed by atoms with E-state index in [9.17, 15) is 4.79 Å². The van der Waals surface area contributed by atoms with Crippen molar-refractivity contribution in [1.82, 2.24) is 0 Å². The molecule has 0 N–H and O–H groups in total. The fourth-order valence-electron chi connectivity index (χ4n) is 1.49. The van der Waals surface area contributed by atoms with Crippen molar-refractivity contribution >= 4 is 11.6 Å². The van der Waals surface area contributed by atoms with Gasteiger partial charge in [-0.2, -0.15) is 0 Å². The molecule has 1 rings (SSSR count). The van der Waals surface area contributed by atoms with Crippen LogP contribution in [0.4, 0.5) is 5.69 Å². The van der Waals surface area contributed by atoms with E-state index < -0.39 is 0 Å². The Balaban J connectivity index is 3.20. The molecule has 0 spiro atoms. The van der Waals surface area contributed by atoms with Gasteiger partial charge in [-0.15, -0.1) is 0 Å². The van der Waals surface area contributed by atoms with E-state index in [1.54, 1.807) is 18.9 Å². The smallest absolute Gasteiger partial charge is 0.223 e. The lowest BCUT2D eigenvalue weighted by Crippen LogP contribution is -2.24. The summed E-state index contributed by atoms with van der Waals surface area (Å²) in [6.07, 6.45) is 0. The summed E-state index contributed by atoms with van der Waals surface area (Å²) in [5.41, 5.74) is 3.30. The molecule has 0 aliphatic carbocycles. The molecule has 0 heterocycles. The molecule has 0 unspecified atom stereocenters. The first kappa shape index (κ1) is 9.78. The zero-order valence-electron chi connectivity index (χ0n) is 8.59. The van der Waals surface area contributed by atoms with E-state index in [1.165, 1.54) is 0 Å². The predicted octanol–water partition coefficient (Wildman–Crippen LogP) is 2.29. The highest BCUT2D eigenvalue weighted by Gasteiger charge is 2.10. The first-order chi connectivity index (χ1) is 6.04. The van der Waals surface area contributed by atoms with Crippen molar-refractivity contribution in [2.75, 3.05) is 11.9 Å². The number of benzene rings is 1. The van der Waals surface area contributed by atoms with E-state index in [1.807, 2.05) is 32.0 Å². The summed E-state index contributed by atoms with van der Waals surface area (Å²) in [6, 6.07) is 6.03. The van der Waals surface area contributed by atoms with E-state index in [0.717, 1.165) is 16.8 Å². The lowest BCUT2D eigenvalue weighted by Gasteiger charge is -2.19. The molecule has 1 amide bonds. The second kappa shape index (κ2) is 3.60. The standard InChI is InChI=1S/C11H15NO/c1-8-6-5-7-9(2)11(8)12(4)10(3)13/h5-7H,1-4H3. The number of nitrogens with zero attached hydrogens (tertiary/aromatic N) is 1. The third kappa shape index (κ3) is 1.89. The lowest BCUT2D eigenvalue weighted by atomic mass is 10.1. The maximum atomic E-state index is 11.2. The molecule has 0 aromatic heterocycles. The Morgan fingerprint density at radius 2 is 1.69 bits per heavy atom. The molecule has 13 heavy (non-hydrogen) atoms. The molecule has 0 bridgehead atoms. The Kier molecular flexibility index (Phi) is 2.71. The molecule has 2 nitrogen and oxygen atoms in total. The highest BCUT2D eigenvalue weighted by atomic mass is 16.2. The molecule has 0 aliphatic rings.